The molecule has 0 aliphatic rings. The van der Waals surface area contributed by atoms with Crippen LogP contribution < -0.4 is 4.72 Å². The molecule has 0 atom stereocenters. The minimum atomic E-state index is -3.57. The summed E-state index contributed by atoms with van der Waals surface area (Å²) in [5.74, 6) is -1.28. The molecule has 1 heterocycles. The average Bonchev–Trinajstić information content (AvgIpc) is 2.83. The number of aliphatic carboxylic acids is 1. The summed E-state index contributed by atoms with van der Waals surface area (Å²) in [7, 11) is -3.57. The van der Waals surface area contributed by atoms with Gasteiger partial charge >= 0.3 is 5.97 Å². The van der Waals surface area contributed by atoms with Gasteiger partial charge in [0, 0.05) is 0 Å². The zero-order valence-electron chi connectivity index (χ0n) is 10.6. The number of anilines is 1. The third-order valence-electron chi connectivity index (χ3n) is 2.17. The van der Waals surface area contributed by atoms with E-state index in [1.165, 1.54) is 0 Å². The van der Waals surface area contributed by atoms with Crippen molar-refractivity contribution in [1.82, 2.24) is 10.2 Å². The van der Waals surface area contributed by atoms with Crippen LogP contribution in [0.1, 0.15) is 5.56 Å². The maximum Gasteiger partial charge on any atom is 0.313 e. The molecule has 0 saturated carbocycles. The molecule has 0 unspecified atom stereocenters. The Labute approximate surface area is 129 Å². The van der Waals surface area contributed by atoms with Crippen LogP contribution in [0.4, 0.5) is 5.13 Å². The van der Waals surface area contributed by atoms with E-state index in [9.17, 15) is 13.2 Å². The van der Waals surface area contributed by atoms with Crippen molar-refractivity contribution in [2.75, 3.05) is 10.5 Å². The number of hydrogen-bond donors (Lipinski definition) is 2. The number of carboxylic acids is 1. The number of thioether (sulfide) groups is 1. The number of carboxylic acid groups (broad SMARTS) is 1. The maximum absolute atomic E-state index is 12.0. The van der Waals surface area contributed by atoms with Gasteiger partial charge in [-0.25, -0.2) is 8.42 Å². The van der Waals surface area contributed by atoms with E-state index in [-0.39, 0.29) is 16.6 Å². The SMILES string of the molecule is O=C(O)CSc1nnc(NS(=O)(=O)Cc2ccccc2)s1. The van der Waals surface area contributed by atoms with Gasteiger partial charge < -0.3 is 5.11 Å². The molecule has 2 N–H and O–H groups in total. The summed E-state index contributed by atoms with van der Waals surface area (Å²) in [6.45, 7) is 0. The van der Waals surface area contributed by atoms with Crippen molar-refractivity contribution < 1.29 is 18.3 Å². The summed E-state index contributed by atoms with van der Waals surface area (Å²) in [5, 5.41) is 16.1. The van der Waals surface area contributed by atoms with Crippen LogP contribution in [0.15, 0.2) is 34.7 Å². The summed E-state index contributed by atoms with van der Waals surface area (Å²) in [5.41, 5.74) is 0.662. The summed E-state index contributed by atoms with van der Waals surface area (Å²) in [6, 6.07) is 8.76. The van der Waals surface area contributed by atoms with Crippen LogP contribution in [0.5, 0.6) is 0 Å². The van der Waals surface area contributed by atoms with Gasteiger partial charge in [0.1, 0.15) is 0 Å². The zero-order valence-corrected chi connectivity index (χ0v) is 13.0. The average molecular weight is 345 g/mol. The van der Waals surface area contributed by atoms with Crippen LogP contribution in [0, 0.1) is 0 Å². The lowest BCUT2D eigenvalue weighted by molar-refractivity contribution is -0.133. The quantitative estimate of drug-likeness (QED) is 0.734. The Bertz CT molecular complexity index is 715. The monoisotopic (exact) mass is 345 g/mol. The molecule has 0 aliphatic carbocycles. The van der Waals surface area contributed by atoms with Gasteiger partial charge in [-0.3, -0.25) is 9.52 Å². The molecule has 0 radical (unpaired) electrons. The fourth-order valence-electron chi connectivity index (χ4n) is 1.40. The van der Waals surface area contributed by atoms with Gasteiger partial charge in [-0.2, -0.15) is 0 Å². The molecule has 2 aromatic rings. The Morgan fingerprint density at radius 2 is 2.00 bits per heavy atom. The molecule has 0 aliphatic heterocycles. The highest BCUT2D eigenvalue weighted by Gasteiger charge is 2.15. The van der Waals surface area contributed by atoms with Gasteiger partial charge in [0.25, 0.3) is 0 Å². The predicted octanol–water partition coefficient (Wildman–Crippen LogP) is 1.66. The maximum atomic E-state index is 12.0. The first kappa shape index (κ1) is 15.7. The molecule has 0 amide bonds. The van der Waals surface area contributed by atoms with Crippen molar-refractivity contribution >= 4 is 44.2 Å². The Kier molecular flexibility index (Phi) is 5.15. The lowest BCUT2D eigenvalue weighted by atomic mass is 10.2. The molecule has 112 valence electrons. The van der Waals surface area contributed by atoms with Crippen LogP contribution in [0.25, 0.3) is 0 Å². The molecule has 7 nitrogen and oxygen atoms in total. The van der Waals surface area contributed by atoms with Crippen LogP contribution in [-0.4, -0.2) is 35.4 Å². The first-order valence-corrected chi connectivity index (χ1v) is 9.12. The highest BCUT2D eigenvalue weighted by atomic mass is 32.2. The third kappa shape index (κ3) is 5.33. The van der Waals surface area contributed by atoms with Gasteiger partial charge in [0.2, 0.25) is 15.2 Å². The molecule has 1 aromatic carbocycles. The first-order valence-electron chi connectivity index (χ1n) is 5.67. The van der Waals surface area contributed by atoms with Gasteiger partial charge in [0.15, 0.2) is 4.34 Å². The Hall–Kier alpha value is -1.65. The van der Waals surface area contributed by atoms with Crippen molar-refractivity contribution in [3.05, 3.63) is 35.9 Å². The third-order valence-corrected chi connectivity index (χ3v) is 5.47. The van der Waals surface area contributed by atoms with Gasteiger partial charge in [0.05, 0.1) is 11.5 Å². The number of rotatable bonds is 7. The normalized spacial score (nSPS) is 11.2. The Morgan fingerprint density at radius 1 is 1.29 bits per heavy atom. The van der Waals surface area contributed by atoms with Crippen molar-refractivity contribution in [1.29, 1.82) is 0 Å². The van der Waals surface area contributed by atoms with Crippen molar-refractivity contribution in [2.45, 2.75) is 10.1 Å². The molecule has 0 bridgehead atoms. The summed E-state index contributed by atoms with van der Waals surface area (Å²) in [4.78, 5) is 10.4. The van der Waals surface area contributed by atoms with E-state index in [2.05, 4.69) is 14.9 Å². The van der Waals surface area contributed by atoms with E-state index in [4.69, 9.17) is 5.11 Å². The lowest BCUT2D eigenvalue weighted by Crippen LogP contribution is -2.14. The number of hydrogen-bond acceptors (Lipinski definition) is 7. The smallest absolute Gasteiger partial charge is 0.313 e. The van der Waals surface area contributed by atoms with E-state index < -0.39 is 16.0 Å². The first-order chi connectivity index (χ1) is 9.94. The van der Waals surface area contributed by atoms with E-state index in [0.29, 0.717) is 9.90 Å². The minimum Gasteiger partial charge on any atom is -0.481 e. The highest BCUT2D eigenvalue weighted by molar-refractivity contribution is 8.01. The van der Waals surface area contributed by atoms with Crippen molar-refractivity contribution in [3.63, 3.8) is 0 Å². The van der Waals surface area contributed by atoms with Crippen LogP contribution >= 0.6 is 23.1 Å². The van der Waals surface area contributed by atoms with Crippen LogP contribution in [0.2, 0.25) is 0 Å². The van der Waals surface area contributed by atoms with Gasteiger partial charge in [-0.05, 0) is 5.56 Å². The lowest BCUT2D eigenvalue weighted by Gasteiger charge is -2.04. The number of nitrogens with one attached hydrogen (secondary N) is 1. The molecule has 10 heteroatoms. The standard InChI is InChI=1S/C11H11N3O4S3/c15-9(16)6-19-11-13-12-10(20-11)14-21(17,18)7-8-4-2-1-3-5-8/h1-5H,6-7H2,(H,12,14)(H,15,16). The molecular formula is C11H11N3O4S3. The summed E-state index contributed by atoms with van der Waals surface area (Å²) < 4.78 is 26.7. The second-order valence-corrected chi connectivity index (χ2v) is 7.82. The fourth-order valence-corrected chi connectivity index (χ4v) is 4.28. The van der Waals surface area contributed by atoms with E-state index in [1.807, 2.05) is 0 Å². The zero-order chi connectivity index (χ0) is 15.3. The topological polar surface area (TPSA) is 109 Å². The van der Waals surface area contributed by atoms with Crippen molar-refractivity contribution in [2.24, 2.45) is 0 Å². The van der Waals surface area contributed by atoms with Gasteiger partial charge in [-0.1, -0.05) is 53.4 Å². The summed E-state index contributed by atoms with van der Waals surface area (Å²) in [6.07, 6.45) is 0. The predicted molar refractivity (Wildman–Crippen MR) is 81.0 cm³/mol. The molecule has 0 fully saturated rings. The largest absolute Gasteiger partial charge is 0.481 e. The molecule has 2 rings (SSSR count). The Morgan fingerprint density at radius 3 is 2.67 bits per heavy atom. The number of aromatic nitrogens is 2. The number of carbonyl (C=O) groups is 1. The van der Waals surface area contributed by atoms with E-state index in [0.717, 1.165) is 23.1 Å². The van der Waals surface area contributed by atoms with Gasteiger partial charge in [-0.15, -0.1) is 10.2 Å². The summed E-state index contributed by atoms with van der Waals surface area (Å²) >= 11 is 1.99. The van der Waals surface area contributed by atoms with Crippen molar-refractivity contribution in [3.8, 4) is 0 Å². The number of benzene rings is 1. The molecule has 21 heavy (non-hydrogen) atoms. The second kappa shape index (κ2) is 6.87. The molecular weight excluding hydrogens is 334 g/mol. The molecule has 1 aromatic heterocycles. The van der Waals surface area contributed by atoms with E-state index >= 15 is 0 Å². The number of nitrogens with zero attached hydrogens (tertiary/aromatic N) is 2. The molecule has 0 saturated heterocycles. The molecule has 0 spiro atoms. The Balaban J connectivity index is 1.98. The highest BCUT2D eigenvalue weighted by Crippen LogP contribution is 2.26. The second-order valence-electron chi connectivity index (χ2n) is 3.90. The number of sulfonamides is 1. The minimum absolute atomic E-state index is 0.124. The van der Waals surface area contributed by atoms with Crippen LogP contribution in [0.3, 0.4) is 0 Å². The van der Waals surface area contributed by atoms with E-state index in [1.54, 1.807) is 30.3 Å². The van der Waals surface area contributed by atoms with Crippen LogP contribution in [-0.2, 0) is 20.6 Å². The fraction of sp³-hybridized carbons (Fsp3) is 0.182.